The zero-order valence-electron chi connectivity index (χ0n) is 10.3. The molecule has 0 spiro atoms. The second-order valence-electron chi connectivity index (χ2n) is 4.73. The van der Waals surface area contributed by atoms with Crippen LogP contribution >= 0.6 is 0 Å². The fourth-order valence-corrected chi connectivity index (χ4v) is 1.70. The molecular weight excluding hydrogens is 224 g/mol. The molecule has 17 heavy (non-hydrogen) atoms. The van der Waals surface area contributed by atoms with Crippen LogP contribution in [0.4, 0.5) is 4.79 Å². The van der Waals surface area contributed by atoms with Gasteiger partial charge in [0, 0.05) is 20.1 Å². The molecule has 0 saturated heterocycles. The Labute approximate surface area is 101 Å². The minimum absolute atomic E-state index is 0.208. The number of hydrogen-bond donors (Lipinski definition) is 2. The first-order valence-corrected chi connectivity index (χ1v) is 5.80. The van der Waals surface area contributed by atoms with E-state index in [0.717, 1.165) is 12.8 Å². The average molecular weight is 244 g/mol. The predicted molar refractivity (Wildman–Crippen MR) is 61.6 cm³/mol. The highest BCUT2D eigenvalue weighted by Gasteiger charge is 2.29. The number of aliphatic hydroxyl groups is 1. The summed E-state index contributed by atoms with van der Waals surface area (Å²) in [6.07, 6.45) is 1.50. The zero-order chi connectivity index (χ0) is 13.0. The molecule has 1 saturated carbocycles. The number of carboxylic acid groups (broad SMARTS) is 1. The number of amides is 2. The molecule has 0 aliphatic heterocycles. The Bertz CT molecular complexity index is 289. The van der Waals surface area contributed by atoms with Crippen LogP contribution in [0.5, 0.6) is 0 Å². The summed E-state index contributed by atoms with van der Waals surface area (Å²) in [7, 11) is 1.57. The highest BCUT2D eigenvalue weighted by atomic mass is 16.4. The van der Waals surface area contributed by atoms with E-state index in [9.17, 15) is 14.7 Å². The van der Waals surface area contributed by atoms with E-state index >= 15 is 0 Å². The third-order valence-corrected chi connectivity index (χ3v) is 2.64. The number of likely N-dealkylation sites (N-methyl/N-ethyl adjacent to an activating group) is 1. The van der Waals surface area contributed by atoms with Crippen LogP contribution in [-0.2, 0) is 4.79 Å². The van der Waals surface area contributed by atoms with Gasteiger partial charge >= 0.3 is 12.0 Å². The summed E-state index contributed by atoms with van der Waals surface area (Å²) in [5, 5.41) is 18.0. The van der Waals surface area contributed by atoms with Crippen molar-refractivity contribution >= 4 is 12.0 Å². The quantitative estimate of drug-likeness (QED) is 0.700. The van der Waals surface area contributed by atoms with Crippen molar-refractivity contribution in [1.29, 1.82) is 0 Å². The van der Waals surface area contributed by atoms with E-state index < -0.39 is 12.1 Å². The van der Waals surface area contributed by atoms with Crippen LogP contribution in [0.25, 0.3) is 0 Å². The lowest BCUT2D eigenvalue weighted by Gasteiger charge is -2.27. The molecule has 2 N–H and O–H groups in total. The Morgan fingerprint density at radius 3 is 2.41 bits per heavy atom. The Hall–Kier alpha value is -1.30. The van der Waals surface area contributed by atoms with Crippen LogP contribution in [0.3, 0.4) is 0 Å². The van der Waals surface area contributed by atoms with Crippen molar-refractivity contribution in [2.45, 2.75) is 25.9 Å². The molecule has 6 nitrogen and oxygen atoms in total. The summed E-state index contributed by atoms with van der Waals surface area (Å²) in [5.74, 6) is -0.567. The molecular formula is C11H20N2O4. The predicted octanol–water partition coefficient (Wildman–Crippen LogP) is 0.216. The maximum atomic E-state index is 12.0. The zero-order valence-corrected chi connectivity index (χ0v) is 10.3. The number of aliphatic hydroxyl groups excluding tert-OH is 1. The van der Waals surface area contributed by atoms with E-state index in [1.807, 2.05) is 0 Å². The maximum absolute atomic E-state index is 12.0. The smallest absolute Gasteiger partial charge is 0.323 e. The monoisotopic (exact) mass is 244 g/mol. The van der Waals surface area contributed by atoms with E-state index in [2.05, 4.69) is 0 Å². The minimum atomic E-state index is -1.01. The van der Waals surface area contributed by atoms with Crippen LogP contribution in [0.15, 0.2) is 0 Å². The fraction of sp³-hybridized carbons (Fsp3) is 0.818. The van der Waals surface area contributed by atoms with E-state index in [-0.39, 0.29) is 19.1 Å². The second kappa shape index (κ2) is 5.86. The first kappa shape index (κ1) is 13.8. The molecule has 0 aromatic carbocycles. The molecule has 1 aliphatic carbocycles. The summed E-state index contributed by atoms with van der Waals surface area (Å²) in [6, 6.07) is -0.333. The van der Waals surface area contributed by atoms with Crippen molar-refractivity contribution in [3.63, 3.8) is 0 Å². The third kappa shape index (κ3) is 5.04. The number of nitrogens with zero attached hydrogens (tertiary/aromatic N) is 2. The van der Waals surface area contributed by atoms with E-state index in [1.54, 1.807) is 14.0 Å². The topological polar surface area (TPSA) is 81.1 Å². The lowest BCUT2D eigenvalue weighted by Crippen LogP contribution is -2.46. The molecule has 98 valence electrons. The number of urea groups is 1. The highest BCUT2D eigenvalue weighted by Crippen LogP contribution is 2.29. The van der Waals surface area contributed by atoms with Gasteiger partial charge in [-0.3, -0.25) is 4.79 Å². The second-order valence-corrected chi connectivity index (χ2v) is 4.73. The number of carbonyl (C=O) groups is 2. The first-order chi connectivity index (χ1) is 7.90. The van der Waals surface area contributed by atoms with Gasteiger partial charge < -0.3 is 20.0 Å². The van der Waals surface area contributed by atoms with Gasteiger partial charge in [0.2, 0.25) is 0 Å². The molecule has 1 atom stereocenters. The Balaban J connectivity index is 2.53. The van der Waals surface area contributed by atoms with Crippen molar-refractivity contribution < 1.29 is 19.8 Å². The summed E-state index contributed by atoms with van der Waals surface area (Å²) in [6.45, 7) is 2.01. The molecule has 0 bridgehead atoms. The van der Waals surface area contributed by atoms with Gasteiger partial charge in [-0.1, -0.05) is 0 Å². The van der Waals surface area contributed by atoms with E-state index in [0.29, 0.717) is 12.5 Å². The fourth-order valence-electron chi connectivity index (χ4n) is 1.70. The molecule has 0 aromatic heterocycles. The van der Waals surface area contributed by atoms with Gasteiger partial charge in [0.05, 0.1) is 6.10 Å². The number of aliphatic carboxylic acids is 1. The molecule has 1 unspecified atom stereocenters. The Morgan fingerprint density at radius 2 is 2.00 bits per heavy atom. The lowest BCUT2D eigenvalue weighted by atomic mass is 10.3. The highest BCUT2D eigenvalue weighted by molar-refractivity contribution is 5.80. The van der Waals surface area contributed by atoms with Crippen LogP contribution in [0.2, 0.25) is 0 Å². The van der Waals surface area contributed by atoms with Crippen LogP contribution in [0.1, 0.15) is 19.8 Å². The minimum Gasteiger partial charge on any atom is -0.480 e. The van der Waals surface area contributed by atoms with E-state index in [1.165, 1.54) is 9.80 Å². The number of hydrogen-bond acceptors (Lipinski definition) is 3. The SMILES string of the molecule is CC(O)CN(C)C(=O)N(CC(=O)O)CC1CC1. The Kier molecular flexibility index (Phi) is 4.74. The summed E-state index contributed by atoms with van der Waals surface area (Å²) >= 11 is 0. The van der Waals surface area contributed by atoms with Crippen molar-refractivity contribution in [3.8, 4) is 0 Å². The molecule has 0 heterocycles. The molecule has 0 aromatic rings. The first-order valence-electron chi connectivity index (χ1n) is 5.80. The molecule has 2 amide bonds. The van der Waals surface area contributed by atoms with Crippen molar-refractivity contribution in [1.82, 2.24) is 9.80 Å². The maximum Gasteiger partial charge on any atom is 0.323 e. The number of carbonyl (C=O) groups excluding carboxylic acids is 1. The van der Waals surface area contributed by atoms with Gasteiger partial charge in [0.25, 0.3) is 0 Å². The molecule has 1 rings (SSSR count). The molecule has 6 heteroatoms. The van der Waals surface area contributed by atoms with Gasteiger partial charge in [-0.05, 0) is 25.7 Å². The average Bonchev–Trinajstić information content (AvgIpc) is 2.97. The standard InChI is InChI=1S/C11H20N2O4/c1-8(14)5-12(2)11(17)13(7-10(15)16)6-9-3-4-9/h8-9,14H,3-7H2,1-2H3,(H,15,16). The van der Waals surface area contributed by atoms with Crippen molar-refractivity contribution in [2.24, 2.45) is 5.92 Å². The third-order valence-electron chi connectivity index (χ3n) is 2.64. The van der Waals surface area contributed by atoms with Gasteiger partial charge in [0.1, 0.15) is 6.54 Å². The molecule has 0 radical (unpaired) electrons. The Morgan fingerprint density at radius 1 is 1.41 bits per heavy atom. The van der Waals surface area contributed by atoms with Crippen LogP contribution in [-0.4, -0.2) is 64.8 Å². The van der Waals surface area contributed by atoms with Crippen LogP contribution in [0, 0.1) is 5.92 Å². The van der Waals surface area contributed by atoms with Gasteiger partial charge in [0.15, 0.2) is 0 Å². The lowest BCUT2D eigenvalue weighted by molar-refractivity contribution is -0.137. The van der Waals surface area contributed by atoms with Crippen LogP contribution < -0.4 is 0 Å². The summed E-state index contributed by atoms with van der Waals surface area (Å²) in [5.41, 5.74) is 0. The van der Waals surface area contributed by atoms with Gasteiger partial charge in [-0.2, -0.15) is 0 Å². The van der Waals surface area contributed by atoms with Gasteiger partial charge in [-0.25, -0.2) is 4.79 Å². The molecule has 1 fully saturated rings. The number of carboxylic acids is 1. The summed E-state index contributed by atoms with van der Waals surface area (Å²) in [4.78, 5) is 25.3. The number of rotatable bonds is 6. The normalized spacial score (nSPS) is 16.4. The van der Waals surface area contributed by atoms with E-state index in [4.69, 9.17) is 5.11 Å². The van der Waals surface area contributed by atoms with Crippen molar-refractivity contribution in [2.75, 3.05) is 26.7 Å². The van der Waals surface area contributed by atoms with Crippen molar-refractivity contribution in [3.05, 3.63) is 0 Å². The molecule has 1 aliphatic rings. The largest absolute Gasteiger partial charge is 0.480 e. The summed E-state index contributed by atoms with van der Waals surface area (Å²) < 4.78 is 0. The van der Waals surface area contributed by atoms with Gasteiger partial charge in [-0.15, -0.1) is 0 Å².